The standard InChI is InChI=1S/C18H22N4O3/c1-12-6-15(21-25-12)8-22-9-16-14(11-24-17(16)10-22)7-20-18(23)13-2-4-19-5-3-13/h2-6,14,16-17H,7-11H2,1H3,(H,20,23)/t14-,16+,17+/m1/s1. The minimum Gasteiger partial charge on any atom is -0.376 e. The third-order valence-electron chi connectivity index (χ3n) is 5.04. The summed E-state index contributed by atoms with van der Waals surface area (Å²) in [5.41, 5.74) is 1.60. The molecule has 0 aromatic carbocycles. The third-order valence-corrected chi connectivity index (χ3v) is 5.04. The van der Waals surface area contributed by atoms with Gasteiger partial charge in [-0.1, -0.05) is 5.16 Å². The molecule has 25 heavy (non-hydrogen) atoms. The Kier molecular flexibility index (Phi) is 4.50. The number of fused-ring (bicyclic) bond motifs is 1. The van der Waals surface area contributed by atoms with Gasteiger partial charge in [-0.3, -0.25) is 14.7 Å². The number of nitrogens with zero attached hydrogens (tertiary/aromatic N) is 3. The van der Waals surface area contributed by atoms with Gasteiger partial charge in [-0.05, 0) is 19.1 Å². The highest BCUT2D eigenvalue weighted by molar-refractivity contribution is 5.93. The van der Waals surface area contributed by atoms with Crippen molar-refractivity contribution in [1.82, 2.24) is 20.4 Å². The van der Waals surface area contributed by atoms with Gasteiger partial charge in [0.1, 0.15) is 5.76 Å². The van der Waals surface area contributed by atoms with Crippen molar-refractivity contribution in [2.24, 2.45) is 11.8 Å². The molecule has 4 rings (SSSR count). The van der Waals surface area contributed by atoms with E-state index in [1.165, 1.54) is 0 Å². The van der Waals surface area contributed by atoms with E-state index in [0.29, 0.717) is 30.6 Å². The maximum atomic E-state index is 12.2. The Morgan fingerprint density at radius 3 is 2.96 bits per heavy atom. The molecule has 0 aliphatic carbocycles. The van der Waals surface area contributed by atoms with Crippen LogP contribution in [0.25, 0.3) is 0 Å². The average Bonchev–Trinajstić information content (AvgIpc) is 3.30. The number of nitrogens with one attached hydrogen (secondary N) is 1. The van der Waals surface area contributed by atoms with Crippen molar-refractivity contribution in [2.45, 2.75) is 19.6 Å². The maximum absolute atomic E-state index is 12.2. The normalized spacial score (nSPS) is 25.9. The number of carbonyl (C=O) groups is 1. The zero-order valence-electron chi connectivity index (χ0n) is 14.2. The van der Waals surface area contributed by atoms with Crippen molar-refractivity contribution in [3.05, 3.63) is 47.6 Å². The second-order valence-electron chi connectivity index (χ2n) is 6.86. The topological polar surface area (TPSA) is 80.5 Å². The monoisotopic (exact) mass is 342 g/mol. The molecule has 7 nitrogen and oxygen atoms in total. The highest BCUT2D eigenvalue weighted by Crippen LogP contribution is 2.34. The van der Waals surface area contributed by atoms with Crippen molar-refractivity contribution in [3.8, 4) is 0 Å². The summed E-state index contributed by atoms with van der Waals surface area (Å²) in [4.78, 5) is 18.5. The van der Waals surface area contributed by atoms with Crippen LogP contribution in [0.5, 0.6) is 0 Å². The molecular formula is C18H22N4O3. The summed E-state index contributed by atoms with van der Waals surface area (Å²) < 4.78 is 11.1. The van der Waals surface area contributed by atoms with Gasteiger partial charge < -0.3 is 14.6 Å². The summed E-state index contributed by atoms with van der Waals surface area (Å²) in [6, 6.07) is 5.42. The molecule has 2 aromatic rings. The second kappa shape index (κ2) is 6.93. The molecule has 0 unspecified atom stereocenters. The fraction of sp³-hybridized carbons (Fsp3) is 0.500. The highest BCUT2D eigenvalue weighted by atomic mass is 16.5. The average molecular weight is 342 g/mol. The first-order chi connectivity index (χ1) is 12.2. The predicted octanol–water partition coefficient (Wildman–Crippen LogP) is 1.25. The van der Waals surface area contributed by atoms with Crippen LogP contribution in [0, 0.1) is 18.8 Å². The molecule has 1 amide bonds. The van der Waals surface area contributed by atoms with E-state index < -0.39 is 0 Å². The lowest BCUT2D eigenvalue weighted by Crippen LogP contribution is -2.34. The quantitative estimate of drug-likeness (QED) is 0.881. The molecule has 2 saturated heterocycles. The minimum absolute atomic E-state index is 0.0567. The Balaban J connectivity index is 1.30. The smallest absolute Gasteiger partial charge is 0.251 e. The molecular weight excluding hydrogens is 320 g/mol. The fourth-order valence-corrected chi connectivity index (χ4v) is 3.77. The molecule has 3 atom stereocenters. The van der Waals surface area contributed by atoms with E-state index in [0.717, 1.165) is 31.1 Å². The van der Waals surface area contributed by atoms with Gasteiger partial charge in [-0.25, -0.2) is 0 Å². The number of hydrogen-bond acceptors (Lipinski definition) is 6. The van der Waals surface area contributed by atoms with Crippen LogP contribution in [-0.2, 0) is 11.3 Å². The summed E-state index contributed by atoms with van der Waals surface area (Å²) in [6.07, 6.45) is 3.50. The first-order valence-corrected chi connectivity index (χ1v) is 8.63. The summed E-state index contributed by atoms with van der Waals surface area (Å²) in [5.74, 6) is 1.58. The summed E-state index contributed by atoms with van der Waals surface area (Å²) >= 11 is 0. The number of hydrogen-bond donors (Lipinski definition) is 1. The molecule has 7 heteroatoms. The van der Waals surface area contributed by atoms with Crippen molar-refractivity contribution in [2.75, 3.05) is 26.2 Å². The van der Waals surface area contributed by atoms with Gasteiger partial charge >= 0.3 is 0 Å². The number of aromatic nitrogens is 2. The number of ether oxygens (including phenoxy) is 1. The molecule has 132 valence electrons. The molecule has 2 aliphatic heterocycles. The van der Waals surface area contributed by atoms with E-state index in [1.54, 1.807) is 24.5 Å². The van der Waals surface area contributed by atoms with Gasteiger partial charge in [0.25, 0.3) is 5.91 Å². The van der Waals surface area contributed by atoms with Crippen LogP contribution < -0.4 is 5.32 Å². The van der Waals surface area contributed by atoms with E-state index >= 15 is 0 Å². The van der Waals surface area contributed by atoms with Gasteiger partial charge in [0, 0.05) is 62.0 Å². The van der Waals surface area contributed by atoms with Gasteiger partial charge in [-0.15, -0.1) is 0 Å². The minimum atomic E-state index is -0.0567. The number of rotatable bonds is 5. The molecule has 2 fully saturated rings. The molecule has 4 heterocycles. The summed E-state index contributed by atoms with van der Waals surface area (Å²) in [7, 11) is 0. The number of carbonyl (C=O) groups excluding carboxylic acids is 1. The van der Waals surface area contributed by atoms with Crippen molar-refractivity contribution < 1.29 is 14.1 Å². The molecule has 2 aromatic heterocycles. The van der Waals surface area contributed by atoms with Crippen LogP contribution in [0.1, 0.15) is 21.8 Å². The van der Waals surface area contributed by atoms with Gasteiger partial charge in [0.2, 0.25) is 0 Å². The zero-order valence-corrected chi connectivity index (χ0v) is 14.2. The SMILES string of the molecule is Cc1cc(CN2C[C@H]3[C@H](CNC(=O)c4ccncc4)CO[C@H]3C2)no1. The van der Waals surface area contributed by atoms with Crippen LogP contribution in [0.2, 0.25) is 0 Å². The first kappa shape index (κ1) is 16.2. The number of aryl methyl sites for hydroxylation is 1. The van der Waals surface area contributed by atoms with Crippen LogP contribution in [0.4, 0.5) is 0 Å². The van der Waals surface area contributed by atoms with E-state index in [4.69, 9.17) is 9.26 Å². The largest absolute Gasteiger partial charge is 0.376 e. The van der Waals surface area contributed by atoms with Gasteiger partial charge in [0.05, 0.1) is 18.4 Å². The van der Waals surface area contributed by atoms with Gasteiger partial charge in [0.15, 0.2) is 0 Å². The van der Waals surface area contributed by atoms with Crippen LogP contribution in [0.3, 0.4) is 0 Å². The van der Waals surface area contributed by atoms with Crippen LogP contribution in [-0.4, -0.2) is 53.3 Å². The van der Waals surface area contributed by atoms with Crippen molar-refractivity contribution >= 4 is 5.91 Å². The Hall–Kier alpha value is -2.25. The Morgan fingerprint density at radius 1 is 1.36 bits per heavy atom. The molecule has 2 aliphatic rings. The lowest BCUT2D eigenvalue weighted by atomic mass is 9.93. The summed E-state index contributed by atoms with van der Waals surface area (Å²) in [5, 5.41) is 7.09. The summed E-state index contributed by atoms with van der Waals surface area (Å²) in [6.45, 7) is 5.91. The Bertz CT molecular complexity index is 733. The van der Waals surface area contributed by atoms with Crippen LogP contribution in [0.15, 0.2) is 35.1 Å². The van der Waals surface area contributed by atoms with E-state index in [2.05, 4.69) is 20.4 Å². The number of likely N-dealkylation sites (tertiary alicyclic amines) is 1. The first-order valence-electron chi connectivity index (χ1n) is 8.63. The van der Waals surface area contributed by atoms with E-state index in [9.17, 15) is 4.79 Å². The Labute approximate surface area is 146 Å². The zero-order chi connectivity index (χ0) is 17.2. The number of amides is 1. The lowest BCUT2D eigenvalue weighted by Gasteiger charge is -2.19. The molecule has 1 N–H and O–H groups in total. The van der Waals surface area contributed by atoms with E-state index in [1.807, 2.05) is 13.0 Å². The second-order valence-corrected chi connectivity index (χ2v) is 6.86. The Morgan fingerprint density at radius 2 is 2.20 bits per heavy atom. The van der Waals surface area contributed by atoms with E-state index in [-0.39, 0.29) is 12.0 Å². The lowest BCUT2D eigenvalue weighted by molar-refractivity contribution is 0.0901. The molecule has 0 bridgehead atoms. The van der Waals surface area contributed by atoms with Gasteiger partial charge in [-0.2, -0.15) is 0 Å². The molecule has 0 saturated carbocycles. The fourth-order valence-electron chi connectivity index (χ4n) is 3.77. The third kappa shape index (κ3) is 3.57. The van der Waals surface area contributed by atoms with Crippen molar-refractivity contribution in [3.63, 3.8) is 0 Å². The molecule has 0 radical (unpaired) electrons. The van der Waals surface area contributed by atoms with Crippen molar-refractivity contribution in [1.29, 1.82) is 0 Å². The van der Waals surface area contributed by atoms with Crippen LogP contribution >= 0.6 is 0 Å². The predicted molar refractivity (Wildman–Crippen MR) is 89.8 cm³/mol. The highest BCUT2D eigenvalue weighted by Gasteiger charge is 2.43. The maximum Gasteiger partial charge on any atom is 0.251 e. The number of pyridine rings is 1. The molecule has 0 spiro atoms.